The summed E-state index contributed by atoms with van der Waals surface area (Å²) in [5, 5.41) is 20.2. The van der Waals surface area contributed by atoms with Crippen molar-refractivity contribution in [3.8, 4) is 5.75 Å². The van der Waals surface area contributed by atoms with Gasteiger partial charge < -0.3 is 5.11 Å². The minimum absolute atomic E-state index is 0.00174. The number of benzene rings is 1. The van der Waals surface area contributed by atoms with Crippen LogP contribution in [0.5, 0.6) is 5.75 Å². The number of nitrogens with zero attached hydrogens (tertiary/aromatic N) is 3. The minimum atomic E-state index is -0.429. The molecule has 98 valence electrons. The van der Waals surface area contributed by atoms with Crippen LogP contribution in [0.2, 0.25) is 5.02 Å². The Hall–Kier alpha value is -1.99. The smallest absolute Gasteiger partial charge is 0.296 e. The highest BCUT2D eigenvalue weighted by Crippen LogP contribution is 2.19. The van der Waals surface area contributed by atoms with Gasteiger partial charge in [-0.25, -0.2) is 0 Å². The predicted octanol–water partition coefficient (Wildman–Crippen LogP) is 1.85. The Labute approximate surface area is 118 Å². The molecule has 2 aromatic rings. The number of hydrogen-bond acceptors (Lipinski definition) is 5. The number of phenols is 1. The Kier molecular flexibility index (Phi) is 3.77. The van der Waals surface area contributed by atoms with Crippen molar-refractivity contribution in [2.24, 2.45) is 5.10 Å². The zero-order valence-corrected chi connectivity index (χ0v) is 11.4. The van der Waals surface area contributed by atoms with Crippen molar-refractivity contribution < 1.29 is 5.11 Å². The van der Waals surface area contributed by atoms with Gasteiger partial charge in [0.25, 0.3) is 5.56 Å². The molecule has 0 radical (unpaired) electrons. The fraction of sp³-hybridized carbons (Fsp3) is 0.0909. The molecule has 2 rings (SSSR count). The molecule has 0 fully saturated rings. The number of aromatic nitrogens is 3. The summed E-state index contributed by atoms with van der Waals surface area (Å²) in [4.78, 5) is 11.8. The number of hydrogen-bond donors (Lipinski definition) is 2. The van der Waals surface area contributed by atoms with Crippen LogP contribution in [0.3, 0.4) is 0 Å². The van der Waals surface area contributed by atoms with Crippen molar-refractivity contribution in [2.75, 3.05) is 0 Å². The second-order valence-corrected chi connectivity index (χ2v) is 4.50. The number of aryl methyl sites for hydroxylation is 1. The summed E-state index contributed by atoms with van der Waals surface area (Å²) in [6.45, 7) is 1.54. The lowest BCUT2D eigenvalue weighted by Gasteiger charge is -2.01. The molecule has 19 heavy (non-hydrogen) atoms. The highest BCUT2D eigenvalue weighted by atomic mass is 35.5. The van der Waals surface area contributed by atoms with Crippen molar-refractivity contribution in [2.45, 2.75) is 6.92 Å². The monoisotopic (exact) mass is 296 g/mol. The maximum atomic E-state index is 11.8. The largest absolute Gasteiger partial charge is 0.507 e. The van der Waals surface area contributed by atoms with Gasteiger partial charge in [-0.3, -0.25) is 9.89 Å². The molecule has 0 unspecified atom stereocenters. The Morgan fingerprint density at radius 2 is 2.32 bits per heavy atom. The first kappa shape index (κ1) is 13.4. The summed E-state index contributed by atoms with van der Waals surface area (Å²) >= 11 is 10.7. The van der Waals surface area contributed by atoms with Crippen LogP contribution in [-0.4, -0.2) is 26.2 Å². The van der Waals surface area contributed by atoms with E-state index in [1.807, 2.05) is 0 Å². The van der Waals surface area contributed by atoms with Gasteiger partial charge in [0.2, 0.25) is 4.77 Å². The SMILES string of the molecule is Cc1n[nH]c(=S)n(/N=C/c2cc(Cl)ccc2O)c1=O. The van der Waals surface area contributed by atoms with Crippen molar-refractivity contribution in [1.29, 1.82) is 0 Å². The Morgan fingerprint density at radius 1 is 1.58 bits per heavy atom. The molecule has 0 aliphatic carbocycles. The summed E-state index contributed by atoms with van der Waals surface area (Å²) in [6, 6.07) is 4.50. The van der Waals surface area contributed by atoms with E-state index in [4.69, 9.17) is 23.8 Å². The minimum Gasteiger partial charge on any atom is -0.507 e. The number of aromatic amines is 1. The number of phenolic OH excluding ortho intramolecular Hbond substituents is 1. The van der Waals surface area contributed by atoms with E-state index in [1.165, 1.54) is 25.3 Å². The molecule has 1 aromatic carbocycles. The van der Waals surface area contributed by atoms with Crippen molar-refractivity contribution in [3.05, 3.63) is 49.6 Å². The Bertz CT molecular complexity index is 766. The normalized spacial score (nSPS) is 11.1. The molecule has 2 N–H and O–H groups in total. The first-order chi connectivity index (χ1) is 8.99. The summed E-state index contributed by atoms with van der Waals surface area (Å²) in [7, 11) is 0. The van der Waals surface area contributed by atoms with E-state index in [2.05, 4.69) is 15.3 Å². The molecule has 0 aliphatic rings. The molecule has 8 heteroatoms. The van der Waals surface area contributed by atoms with Gasteiger partial charge in [0, 0.05) is 10.6 Å². The molecule has 1 heterocycles. The Morgan fingerprint density at radius 3 is 3.05 bits per heavy atom. The second kappa shape index (κ2) is 5.33. The number of aromatic hydroxyl groups is 1. The molecule has 0 atom stereocenters. The number of halogens is 1. The van der Waals surface area contributed by atoms with Crippen LogP contribution in [0.4, 0.5) is 0 Å². The molecular formula is C11H9ClN4O2S. The highest BCUT2D eigenvalue weighted by Gasteiger charge is 2.02. The van der Waals surface area contributed by atoms with Gasteiger partial charge in [0.05, 0.1) is 6.21 Å². The maximum Gasteiger partial charge on any atom is 0.296 e. The summed E-state index contributed by atoms with van der Waals surface area (Å²) in [5.41, 5.74) is 0.186. The van der Waals surface area contributed by atoms with E-state index in [-0.39, 0.29) is 16.2 Å². The third-order valence-electron chi connectivity index (χ3n) is 2.32. The third kappa shape index (κ3) is 2.88. The number of rotatable bonds is 2. The van der Waals surface area contributed by atoms with Gasteiger partial charge in [0.15, 0.2) is 0 Å². The van der Waals surface area contributed by atoms with Crippen LogP contribution in [0.1, 0.15) is 11.3 Å². The summed E-state index contributed by atoms with van der Waals surface area (Å²) in [6.07, 6.45) is 1.30. The topological polar surface area (TPSA) is 83.3 Å². The molecule has 0 saturated carbocycles. The lowest BCUT2D eigenvalue weighted by molar-refractivity contribution is 0.474. The molecule has 0 spiro atoms. The molecule has 6 nitrogen and oxygen atoms in total. The zero-order chi connectivity index (χ0) is 14.0. The van der Waals surface area contributed by atoms with E-state index in [0.29, 0.717) is 10.6 Å². The van der Waals surface area contributed by atoms with Crippen molar-refractivity contribution in [1.82, 2.24) is 14.9 Å². The van der Waals surface area contributed by atoms with Gasteiger partial charge in [-0.15, -0.1) is 0 Å². The van der Waals surface area contributed by atoms with Gasteiger partial charge in [-0.05, 0) is 37.3 Å². The van der Waals surface area contributed by atoms with Crippen LogP contribution in [0, 0.1) is 11.7 Å². The molecule has 0 bridgehead atoms. The van der Waals surface area contributed by atoms with Crippen LogP contribution >= 0.6 is 23.8 Å². The molecule has 0 amide bonds. The summed E-state index contributed by atoms with van der Waals surface area (Å²) in [5.74, 6) is 0.00174. The number of H-pyrrole nitrogens is 1. The van der Waals surface area contributed by atoms with Gasteiger partial charge in [0.1, 0.15) is 11.4 Å². The van der Waals surface area contributed by atoms with Gasteiger partial charge >= 0.3 is 0 Å². The predicted molar refractivity (Wildman–Crippen MR) is 74.5 cm³/mol. The molecule has 0 aliphatic heterocycles. The van der Waals surface area contributed by atoms with Gasteiger partial charge in [-0.1, -0.05) is 11.6 Å². The van der Waals surface area contributed by atoms with E-state index >= 15 is 0 Å². The lowest BCUT2D eigenvalue weighted by Crippen LogP contribution is -2.22. The third-order valence-corrected chi connectivity index (χ3v) is 2.81. The van der Waals surface area contributed by atoms with Crippen LogP contribution in [-0.2, 0) is 0 Å². The quantitative estimate of drug-likeness (QED) is 0.654. The molecular weight excluding hydrogens is 288 g/mol. The first-order valence-corrected chi connectivity index (χ1v) is 5.99. The fourth-order valence-electron chi connectivity index (χ4n) is 1.33. The average Bonchev–Trinajstić information content (AvgIpc) is 2.38. The standard InChI is InChI=1S/C11H9ClN4O2S/c1-6-10(18)16(11(19)15-14-6)13-5-7-4-8(12)2-3-9(7)17/h2-5,17H,1H3,(H,15,19)/b13-5+. The fourth-order valence-corrected chi connectivity index (χ4v) is 1.68. The summed E-state index contributed by atoms with van der Waals surface area (Å²) < 4.78 is 1.05. The van der Waals surface area contributed by atoms with E-state index < -0.39 is 5.56 Å². The molecule has 1 aromatic heterocycles. The average molecular weight is 297 g/mol. The van der Waals surface area contributed by atoms with Crippen LogP contribution in [0.25, 0.3) is 0 Å². The van der Waals surface area contributed by atoms with E-state index in [9.17, 15) is 9.90 Å². The van der Waals surface area contributed by atoms with Crippen molar-refractivity contribution >= 4 is 30.0 Å². The van der Waals surface area contributed by atoms with E-state index in [0.717, 1.165) is 4.68 Å². The lowest BCUT2D eigenvalue weighted by atomic mass is 10.2. The van der Waals surface area contributed by atoms with E-state index in [1.54, 1.807) is 6.07 Å². The Balaban J connectivity index is 2.50. The van der Waals surface area contributed by atoms with Gasteiger partial charge in [-0.2, -0.15) is 14.9 Å². The van der Waals surface area contributed by atoms with Crippen LogP contribution < -0.4 is 5.56 Å². The first-order valence-electron chi connectivity index (χ1n) is 5.20. The van der Waals surface area contributed by atoms with Crippen molar-refractivity contribution in [3.63, 3.8) is 0 Å². The van der Waals surface area contributed by atoms with Crippen LogP contribution in [0.15, 0.2) is 28.1 Å². The zero-order valence-electron chi connectivity index (χ0n) is 9.79. The maximum absolute atomic E-state index is 11.8. The number of nitrogens with one attached hydrogen (secondary N) is 1. The second-order valence-electron chi connectivity index (χ2n) is 3.68. The molecule has 0 saturated heterocycles. The highest BCUT2D eigenvalue weighted by molar-refractivity contribution is 7.71.